The standard InChI is InChI=1S/C16H22N2O3S/c1-10-7-15(19)18-13-8-14(11(2)6-12(10)13)22(20,21)17-9-16(3,4)5/h6-8,17H,9H2,1-5H3,(H,18,19). The van der Waals surface area contributed by atoms with Gasteiger partial charge in [-0.15, -0.1) is 0 Å². The Morgan fingerprint density at radius 2 is 1.73 bits per heavy atom. The Morgan fingerprint density at radius 3 is 2.32 bits per heavy atom. The van der Waals surface area contributed by atoms with E-state index in [-0.39, 0.29) is 15.9 Å². The number of benzene rings is 1. The van der Waals surface area contributed by atoms with Gasteiger partial charge in [0.15, 0.2) is 0 Å². The molecule has 0 saturated carbocycles. The molecular formula is C16H22N2O3S. The molecule has 1 heterocycles. The summed E-state index contributed by atoms with van der Waals surface area (Å²) in [6.45, 7) is 9.83. The fourth-order valence-corrected chi connectivity index (χ4v) is 3.77. The highest BCUT2D eigenvalue weighted by Crippen LogP contribution is 2.24. The first-order valence-electron chi connectivity index (χ1n) is 7.13. The molecule has 0 radical (unpaired) electrons. The summed E-state index contributed by atoms with van der Waals surface area (Å²) in [5.41, 5.74) is 1.63. The van der Waals surface area contributed by atoms with E-state index in [2.05, 4.69) is 9.71 Å². The van der Waals surface area contributed by atoms with Gasteiger partial charge in [0.1, 0.15) is 0 Å². The lowest BCUT2D eigenvalue weighted by atomic mass is 9.98. The van der Waals surface area contributed by atoms with Crippen molar-refractivity contribution in [2.45, 2.75) is 39.5 Å². The lowest BCUT2D eigenvalue weighted by Crippen LogP contribution is -2.32. The maximum atomic E-state index is 12.5. The molecule has 22 heavy (non-hydrogen) atoms. The Hall–Kier alpha value is -1.66. The molecule has 0 aliphatic rings. The van der Waals surface area contributed by atoms with Crippen molar-refractivity contribution in [2.75, 3.05) is 6.54 Å². The predicted octanol–water partition coefficient (Wildman–Crippen LogP) is 2.47. The number of sulfonamides is 1. The summed E-state index contributed by atoms with van der Waals surface area (Å²) < 4.78 is 27.7. The number of nitrogens with one attached hydrogen (secondary N) is 2. The average molecular weight is 322 g/mol. The Kier molecular flexibility index (Phi) is 4.19. The van der Waals surface area contributed by atoms with Crippen molar-refractivity contribution >= 4 is 20.9 Å². The van der Waals surface area contributed by atoms with Crippen LogP contribution in [0.5, 0.6) is 0 Å². The summed E-state index contributed by atoms with van der Waals surface area (Å²) in [4.78, 5) is 14.5. The second-order valence-corrected chi connectivity index (χ2v) is 8.60. The highest BCUT2D eigenvalue weighted by atomic mass is 32.2. The van der Waals surface area contributed by atoms with Crippen LogP contribution in [0.2, 0.25) is 0 Å². The van der Waals surface area contributed by atoms with Crippen molar-refractivity contribution in [1.29, 1.82) is 0 Å². The van der Waals surface area contributed by atoms with Gasteiger partial charge < -0.3 is 4.98 Å². The van der Waals surface area contributed by atoms with Crippen LogP contribution in [0.1, 0.15) is 31.9 Å². The van der Waals surface area contributed by atoms with E-state index in [1.807, 2.05) is 27.7 Å². The van der Waals surface area contributed by atoms with Gasteiger partial charge in [0.25, 0.3) is 0 Å². The van der Waals surface area contributed by atoms with E-state index >= 15 is 0 Å². The zero-order valence-electron chi connectivity index (χ0n) is 13.6. The zero-order valence-corrected chi connectivity index (χ0v) is 14.4. The van der Waals surface area contributed by atoms with Crippen molar-refractivity contribution in [3.8, 4) is 0 Å². The van der Waals surface area contributed by atoms with E-state index in [4.69, 9.17) is 0 Å². The van der Waals surface area contributed by atoms with Gasteiger partial charge in [0.05, 0.1) is 4.90 Å². The first-order chi connectivity index (χ1) is 9.99. The Balaban J connectivity index is 2.56. The molecule has 1 aromatic heterocycles. The molecule has 1 aromatic carbocycles. The van der Waals surface area contributed by atoms with Crippen molar-refractivity contribution in [3.05, 3.63) is 39.7 Å². The van der Waals surface area contributed by atoms with Gasteiger partial charge in [0, 0.05) is 23.5 Å². The molecule has 120 valence electrons. The normalized spacial score (nSPS) is 12.8. The van der Waals surface area contributed by atoms with Gasteiger partial charge >= 0.3 is 0 Å². The third-order valence-corrected chi connectivity index (χ3v) is 4.97. The van der Waals surface area contributed by atoms with Crippen molar-refractivity contribution < 1.29 is 8.42 Å². The molecule has 2 aromatic rings. The third kappa shape index (κ3) is 3.56. The van der Waals surface area contributed by atoms with Gasteiger partial charge in [-0.3, -0.25) is 4.79 Å². The Morgan fingerprint density at radius 1 is 1.09 bits per heavy atom. The van der Waals surface area contributed by atoms with Crippen LogP contribution in [0.25, 0.3) is 10.9 Å². The molecule has 0 aliphatic carbocycles. The number of pyridine rings is 1. The van der Waals surface area contributed by atoms with Gasteiger partial charge in [-0.05, 0) is 42.5 Å². The first-order valence-corrected chi connectivity index (χ1v) is 8.62. The van der Waals surface area contributed by atoms with Gasteiger partial charge in [-0.2, -0.15) is 0 Å². The fraction of sp³-hybridized carbons (Fsp3) is 0.438. The van der Waals surface area contributed by atoms with Crippen LogP contribution >= 0.6 is 0 Å². The van der Waals surface area contributed by atoms with Crippen molar-refractivity contribution in [2.24, 2.45) is 5.41 Å². The van der Waals surface area contributed by atoms with E-state index in [0.29, 0.717) is 17.6 Å². The van der Waals surface area contributed by atoms with Crippen molar-refractivity contribution in [3.63, 3.8) is 0 Å². The molecule has 0 amide bonds. The maximum Gasteiger partial charge on any atom is 0.248 e. The predicted molar refractivity (Wildman–Crippen MR) is 88.7 cm³/mol. The molecule has 0 bridgehead atoms. The van der Waals surface area contributed by atoms with Crippen molar-refractivity contribution in [1.82, 2.24) is 9.71 Å². The Bertz CT molecular complexity index is 875. The first kappa shape index (κ1) is 16.7. The molecule has 0 atom stereocenters. The number of hydrogen-bond acceptors (Lipinski definition) is 3. The number of hydrogen-bond donors (Lipinski definition) is 2. The number of aromatic amines is 1. The minimum atomic E-state index is -3.61. The average Bonchev–Trinajstić information content (AvgIpc) is 2.36. The van der Waals surface area contributed by atoms with E-state index < -0.39 is 10.0 Å². The van der Waals surface area contributed by atoms with E-state index in [1.54, 1.807) is 13.0 Å². The summed E-state index contributed by atoms with van der Waals surface area (Å²) in [7, 11) is -3.61. The number of aryl methyl sites for hydroxylation is 2. The minimum absolute atomic E-state index is 0.150. The Labute approximate surface area is 130 Å². The number of aromatic nitrogens is 1. The maximum absolute atomic E-state index is 12.5. The van der Waals surface area contributed by atoms with E-state index in [9.17, 15) is 13.2 Å². The van der Waals surface area contributed by atoms with Gasteiger partial charge in [0.2, 0.25) is 15.6 Å². The van der Waals surface area contributed by atoms with Gasteiger partial charge in [-0.25, -0.2) is 13.1 Å². The minimum Gasteiger partial charge on any atom is -0.322 e. The third-order valence-electron chi connectivity index (χ3n) is 3.43. The quantitative estimate of drug-likeness (QED) is 0.911. The SMILES string of the molecule is Cc1cc2c(C)cc(=O)[nH]c2cc1S(=O)(=O)NCC(C)(C)C. The van der Waals surface area contributed by atoms with Crippen LogP contribution in [0.3, 0.4) is 0 Å². The summed E-state index contributed by atoms with van der Waals surface area (Å²) in [5, 5.41) is 0.854. The van der Waals surface area contributed by atoms with Crippen LogP contribution in [0, 0.1) is 19.3 Å². The monoisotopic (exact) mass is 322 g/mol. The number of fused-ring (bicyclic) bond motifs is 1. The molecule has 2 rings (SSSR count). The molecule has 0 spiro atoms. The summed E-state index contributed by atoms with van der Waals surface area (Å²) in [6, 6.07) is 4.84. The second-order valence-electron chi connectivity index (χ2n) is 6.87. The van der Waals surface area contributed by atoms with Crippen LogP contribution in [-0.4, -0.2) is 19.9 Å². The lowest BCUT2D eigenvalue weighted by molar-refractivity contribution is 0.407. The molecule has 0 saturated heterocycles. The number of H-pyrrole nitrogens is 1. The highest BCUT2D eigenvalue weighted by molar-refractivity contribution is 7.89. The summed E-state index contributed by atoms with van der Waals surface area (Å²) in [5.74, 6) is 0. The van der Waals surface area contributed by atoms with Crippen LogP contribution in [0.4, 0.5) is 0 Å². The second kappa shape index (κ2) is 5.52. The zero-order chi connectivity index (χ0) is 16.7. The molecular weight excluding hydrogens is 300 g/mol. The molecule has 0 aliphatic heterocycles. The van der Waals surface area contributed by atoms with E-state index in [1.165, 1.54) is 12.1 Å². The largest absolute Gasteiger partial charge is 0.322 e. The van der Waals surface area contributed by atoms with E-state index in [0.717, 1.165) is 10.9 Å². The van der Waals surface area contributed by atoms with Crippen LogP contribution < -0.4 is 10.3 Å². The molecule has 0 fully saturated rings. The molecule has 0 unspecified atom stereocenters. The van der Waals surface area contributed by atoms with Crippen LogP contribution in [-0.2, 0) is 10.0 Å². The molecule has 6 heteroatoms. The molecule has 5 nitrogen and oxygen atoms in total. The smallest absolute Gasteiger partial charge is 0.248 e. The highest BCUT2D eigenvalue weighted by Gasteiger charge is 2.21. The lowest BCUT2D eigenvalue weighted by Gasteiger charge is -2.19. The topological polar surface area (TPSA) is 79.0 Å². The van der Waals surface area contributed by atoms with Crippen LogP contribution in [0.15, 0.2) is 27.9 Å². The number of rotatable bonds is 3. The molecule has 2 N–H and O–H groups in total. The summed E-state index contributed by atoms with van der Waals surface area (Å²) >= 11 is 0. The van der Waals surface area contributed by atoms with Gasteiger partial charge in [-0.1, -0.05) is 20.8 Å². The fourth-order valence-electron chi connectivity index (χ4n) is 2.24. The summed E-state index contributed by atoms with van der Waals surface area (Å²) in [6.07, 6.45) is 0.